The Morgan fingerprint density at radius 2 is 1.14 bits per heavy atom. The van der Waals surface area contributed by atoms with Gasteiger partial charge in [-0.05, 0) is 113 Å². The number of epoxide rings is 4. The highest BCUT2D eigenvalue weighted by Gasteiger charge is 2.47. The summed E-state index contributed by atoms with van der Waals surface area (Å²) >= 11 is 0. The second kappa shape index (κ2) is 13.5. The SMILES string of the molecule is CC(C)(C1CCC(OCC2CO2)CC1)C1CCC(OCC2CO2)CC1.O=C(OCC1CCC2OC2C1)C1CCC2OC2C1. The van der Waals surface area contributed by atoms with Crippen molar-refractivity contribution < 1.29 is 38.0 Å². The van der Waals surface area contributed by atoms with E-state index in [9.17, 15) is 4.79 Å². The Hall–Kier alpha value is -0.770. The minimum Gasteiger partial charge on any atom is -0.465 e. The van der Waals surface area contributed by atoms with E-state index in [0.29, 0.717) is 66.8 Å². The highest BCUT2D eigenvalue weighted by atomic mass is 16.6. The lowest BCUT2D eigenvalue weighted by Gasteiger charge is -2.46. The molecule has 8 nitrogen and oxygen atoms in total. The van der Waals surface area contributed by atoms with Crippen molar-refractivity contribution in [2.24, 2.45) is 29.1 Å². The van der Waals surface area contributed by atoms with E-state index >= 15 is 0 Å². The first-order valence-corrected chi connectivity index (χ1v) is 17.8. The van der Waals surface area contributed by atoms with E-state index in [2.05, 4.69) is 13.8 Å². The summed E-state index contributed by atoms with van der Waals surface area (Å²) in [7, 11) is 0. The Bertz CT molecular complexity index is 879. The summed E-state index contributed by atoms with van der Waals surface area (Å²) in [5.74, 6) is 2.31. The van der Waals surface area contributed by atoms with Gasteiger partial charge in [0.05, 0.1) is 75.6 Å². The Morgan fingerprint density at radius 3 is 1.63 bits per heavy atom. The zero-order valence-electron chi connectivity index (χ0n) is 26.6. The van der Waals surface area contributed by atoms with Gasteiger partial charge < -0.3 is 33.2 Å². The normalized spacial score (nSPS) is 44.6. The molecule has 8 aliphatic rings. The van der Waals surface area contributed by atoms with Crippen LogP contribution < -0.4 is 0 Å². The summed E-state index contributed by atoms with van der Waals surface area (Å²) in [4.78, 5) is 12.0. The molecule has 8 heteroatoms. The molecule has 4 saturated carbocycles. The summed E-state index contributed by atoms with van der Waals surface area (Å²) in [5.41, 5.74) is 0.454. The standard InChI is InChI=1S/C21H36O4.C14H20O4/c1-21(2,15-3-7-17(8-4-15)22-11-19-13-24-19)16-5-9-18(10-6-16)23-12-20-14-25-20;15-14(9-2-4-11-13(6-9)18-11)16-7-8-1-3-10-12(5-8)17-10/h15-20H,3-14H2,1-2H3;8-13H,1-7H2. The average molecular weight is 605 g/mol. The van der Waals surface area contributed by atoms with Gasteiger partial charge in [0.2, 0.25) is 0 Å². The maximum Gasteiger partial charge on any atom is 0.309 e. The minimum atomic E-state index is 0.00258. The van der Waals surface area contributed by atoms with Gasteiger partial charge in [-0.15, -0.1) is 0 Å². The third kappa shape index (κ3) is 8.53. The average Bonchev–Trinajstić information content (AvgIpc) is 3.86. The Morgan fingerprint density at radius 1 is 0.628 bits per heavy atom. The van der Waals surface area contributed by atoms with E-state index in [0.717, 1.165) is 76.8 Å². The predicted octanol–water partition coefficient (Wildman–Crippen LogP) is 5.63. The quantitative estimate of drug-likeness (QED) is 0.221. The number of fused-ring (bicyclic) bond motifs is 2. The van der Waals surface area contributed by atoms with Gasteiger partial charge in [-0.3, -0.25) is 4.79 Å². The highest BCUT2D eigenvalue weighted by molar-refractivity contribution is 5.72. The van der Waals surface area contributed by atoms with Gasteiger partial charge in [0.25, 0.3) is 0 Å². The molecule has 8 unspecified atom stereocenters. The fraction of sp³-hybridized carbons (Fsp3) is 0.971. The molecule has 244 valence electrons. The molecule has 0 aromatic rings. The van der Waals surface area contributed by atoms with Gasteiger partial charge in [-0.2, -0.15) is 0 Å². The Balaban J connectivity index is 0.000000147. The number of ether oxygens (including phenoxy) is 7. The smallest absolute Gasteiger partial charge is 0.309 e. The first kappa shape index (κ1) is 30.9. The summed E-state index contributed by atoms with van der Waals surface area (Å²) in [5, 5.41) is 0. The van der Waals surface area contributed by atoms with E-state index in [4.69, 9.17) is 33.2 Å². The summed E-state index contributed by atoms with van der Waals surface area (Å²) in [6.45, 7) is 9.09. The molecule has 43 heavy (non-hydrogen) atoms. The highest BCUT2D eigenvalue weighted by Crippen LogP contribution is 2.49. The van der Waals surface area contributed by atoms with Crippen molar-refractivity contribution in [3.8, 4) is 0 Å². The number of rotatable bonds is 11. The number of esters is 1. The fourth-order valence-electron chi connectivity index (χ4n) is 8.67. The molecule has 4 aliphatic carbocycles. The van der Waals surface area contributed by atoms with Crippen molar-refractivity contribution in [1.29, 1.82) is 0 Å². The van der Waals surface area contributed by atoms with E-state index in [1.54, 1.807) is 0 Å². The molecule has 8 atom stereocenters. The molecule has 4 saturated heterocycles. The fourth-order valence-corrected chi connectivity index (χ4v) is 8.67. The zero-order chi connectivity index (χ0) is 29.4. The second-order valence-corrected chi connectivity index (χ2v) is 15.6. The summed E-state index contributed by atoms with van der Waals surface area (Å²) in [6.07, 6.45) is 20.1. The first-order chi connectivity index (χ1) is 20.9. The number of carbonyl (C=O) groups is 1. The molecule has 0 radical (unpaired) electrons. The van der Waals surface area contributed by atoms with Crippen molar-refractivity contribution >= 4 is 5.97 Å². The molecule has 4 heterocycles. The summed E-state index contributed by atoms with van der Waals surface area (Å²) in [6, 6.07) is 0. The maximum absolute atomic E-state index is 12.0. The molecule has 0 aromatic heterocycles. The maximum atomic E-state index is 12.0. The van der Waals surface area contributed by atoms with Crippen LogP contribution in [0.3, 0.4) is 0 Å². The molecular formula is C35H56O8. The molecule has 0 bridgehead atoms. The van der Waals surface area contributed by atoms with Crippen LogP contribution in [0.5, 0.6) is 0 Å². The van der Waals surface area contributed by atoms with Crippen LogP contribution in [0, 0.1) is 29.1 Å². The molecule has 0 spiro atoms. The third-order valence-electron chi connectivity index (χ3n) is 12.2. The number of hydrogen-bond acceptors (Lipinski definition) is 8. The lowest BCUT2D eigenvalue weighted by molar-refractivity contribution is -0.151. The number of carbonyl (C=O) groups excluding carboxylic acids is 1. The van der Waals surface area contributed by atoms with Crippen LogP contribution >= 0.6 is 0 Å². The zero-order valence-corrected chi connectivity index (χ0v) is 26.6. The predicted molar refractivity (Wildman–Crippen MR) is 160 cm³/mol. The summed E-state index contributed by atoms with van der Waals surface area (Å²) < 4.78 is 39.0. The van der Waals surface area contributed by atoms with Gasteiger partial charge in [0.15, 0.2) is 0 Å². The van der Waals surface area contributed by atoms with E-state index in [1.807, 2.05) is 0 Å². The van der Waals surface area contributed by atoms with Gasteiger partial charge in [0, 0.05) is 0 Å². The largest absolute Gasteiger partial charge is 0.465 e. The van der Waals surface area contributed by atoms with Gasteiger partial charge in [-0.25, -0.2) is 0 Å². The van der Waals surface area contributed by atoms with Crippen LogP contribution in [0.1, 0.15) is 104 Å². The Labute approximate surface area is 258 Å². The number of hydrogen-bond donors (Lipinski definition) is 0. The van der Waals surface area contributed by atoms with Gasteiger partial charge >= 0.3 is 5.97 Å². The van der Waals surface area contributed by atoms with Crippen LogP contribution in [-0.2, 0) is 38.0 Å². The van der Waals surface area contributed by atoms with Crippen molar-refractivity contribution in [2.75, 3.05) is 33.0 Å². The van der Waals surface area contributed by atoms with Crippen LogP contribution in [0.15, 0.2) is 0 Å². The van der Waals surface area contributed by atoms with Crippen LogP contribution in [-0.4, -0.2) is 87.8 Å². The molecule has 4 aliphatic heterocycles. The Kier molecular flexibility index (Phi) is 9.71. The molecule has 8 fully saturated rings. The van der Waals surface area contributed by atoms with Crippen molar-refractivity contribution in [3.63, 3.8) is 0 Å². The van der Waals surface area contributed by atoms with Crippen molar-refractivity contribution in [3.05, 3.63) is 0 Å². The van der Waals surface area contributed by atoms with Crippen molar-refractivity contribution in [2.45, 2.75) is 153 Å². The van der Waals surface area contributed by atoms with Gasteiger partial charge in [0.1, 0.15) is 12.2 Å². The van der Waals surface area contributed by atoms with Crippen molar-refractivity contribution in [1.82, 2.24) is 0 Å². The topological polar surface area (TPSA) is 94.9 Å². The molecule has 0 amide bonds. The van der Waals surface area contributed by atoms with E-state index < -0.39 is 0 Å². The van der Waals surface area contributed by atoms with Gasteiger partial charge in [-0.1, -0.05) is 13.8 Å². The first-order valence-electron chi connectivity index (χ1n) is 17.8. The van der Waals surface area contributed by atoms with Crippen LogP contribution in [0.2, 0.25) is 0 Å². The van der Waals surface area contributed by atoms with E-state index in [-0.39, 0.29) is 11.9 Å². The molecule has 8 rings (SSSR count). The van der Waals surface area contributed by atoms with Crippen LogP contribution in [0.25, 0.3) is 0 Å². The minimum absolute atomic E-state index is 0.00258. The van der Waals surface area contributed by atoms with E-state index in [1.165, 1.54) is 51.4 Å². The molecule has 0 N–H and O–H groups in total. The lowest BCUT2D eigenvalue weighted by atomic mass is 9.60. The third-order valence-corrected chi connectivity index (χ3v) is 12.2. The monoisotopic (exact) mass is 604 g/mol. The lowest BCUT2D eigenvalue weighted by Crippen LogP contribution is -2.39. The second-order valence-electron chi connectivity index (χ2n) is 15.6. The molecular weight excluding hydrogens is 548 g/mol. The van der Waals surface area contributed by atoms with Crippen LogP contribution in [0.4, 0.5) is 0 Å². The molecule has 0 aromatic carbocycles.